The number of imidazole rings is 1. The van der Waals surface area contributed by atoms with Crippen LogP contribution in [0.15, 0.2) is 35.8 Å². The highest BCUT2D eigenvalue weighted by Gasteiger charge is 2.21. The standard InChI is InChI=1S/C15H14FN3OS/c1-9(2)17-14(20)12-13(10-3-5-11(16)6-4-10)19-7-8-21-15(19)18-12/h3-9H,1-2H3,(H,17,20). The normalized spacial score (nSPS) is 11.2. The van der Waals surface area contributed by atoms with E-state index in [-0.39, 0.29) is 17.8 Å². The number of halogens is 1. The summed E-state index contributed by atoms with van der Waals surface area (Å²) in [5.74, 6) is -0.529. The number of benzene rings is 1. The summed E-state index contributed by atoms with van der Waals surface area (Å²) in [5.41, 5.74) is 1.81. The van der Waals surface area contributed by atoms with Gasteiger partial charge >= 0.3 is 0 Å². The van der Waals surface area contributed by atoms with Crippen LogP contribution in [-0.4, -0.2) is 21.3 Å². The van der Waals surface area contributed by atoms with Gasteiger partial charge in [-0.05, 0) is 38.1 Å². The molecule has 0 saturated carbocycles. The van der Waals surface area contributed by atoms with Crippen molar-refractivity contribution in [3.8, 4) is 11.3 Å². The molecule has 4 nitrogen and oxygen atoms in total. The molecular formula is C15H14FN3OS. The van der Waals surface area contributed by atoms with Crippen molar-refractivity contribution in [1.29, 1.82) is 0 Å². The molecule has 2 heterocycles. The molecular weight excluding hydrogens is 289 g/mol. The molecule has 0 aliphatic carbocycles. The second kappa shape index (κ2) is 5.29. The number of carbonyl (C=O) groups is 1. The molecule has 0 unspecified atom stereocenters. The molecule has 6 heteroatoms. The van der Waals surface area contributed by atoms with E-state index in [9.17, 15) is 9.18 Å². The minimum atomic E-state index is -0.307. The van der Waals surface area contributed by atoms with Crippen molar-refractivity contribution in [1.82, 2.24) is 14.7 Å². The largest absolute Gasteiger partial charge is 0.348 e. The first-order chi connectivity index (χ1) is 10.1. The minimum absolute atomic E-state index is 0.0262. The van der Waals surface area contributed by atoms with Crippen molar-refractivity contribution in [3.63, 3.8) is 0 Å². The number of hydrogen-bond donors (Lipinski definition) is 1. The fourth-order valence-electron chi connectivity index (χ4n) is 2.16. The Morgan fingerprint density at radius 1 is 1.33 bits per heavy atom. The molecule has 0 aliphatic rings. The zero-order valence-electron chi connectivity index (χ0n) is 11.6. The number of nitrogens with zero attached hydrogens (tertiary/aromatic N) is 2. The Kier molecular flexibility index (Phi) is 3.47. The molecule has 1 amide bonds. The van der Waals surface area contributed by atoms with Gasteiger partial charge in [-0.15, -0.1) is 11.3 Å². The lowest BCUT2D eigenvalue weighted by Crippen LogP contribution is -2.30. The fourth-order valence-corrected chi connectivity index (χ4v) is 2.87. The molecule has 1 N–H and O–H groups in total. The van der Waals surface area contributed by atoms with Crippen LogP contribution in [0.3, 0.4) is 0 Å². The molecule has 2 aromatic heterocycles. The van der Waals surface area contributed by atoms with Crippen molar-refractivity contribution >= 4 is 22.2 Å². The van der Waals surface area contributed by atoms with Gasteiger partial charge in [0.25, 0.3) is 5.91 Å². The minimum Gasteiger partial charge on any atom is -0.348 e. The van der Waals surface area contributed by atoms with E-state index in [0.717, 1.165) is 10.5 Å². The predicted molar refractivity (Wildman–Crippen MR) is 81.1 cm³/mol. The Morgan fingerprint density at radius 2 is 2.05 bits per heavy atom. The van der Waals surface area contributed by atoms with Crippen LogP contribution < -0.4 is 5.32 Å². The van der Waals surface area contributed by atoms with Gasteiger partial charge in [-0.1, -0.05) is 0 Å². The second-order valence-electron chi connectivity index (χ2n) is 5.00. The number of thiazole rings is 1. The molecule has 0 saturated heterocycles. The summed E-state index contributed by atoms with van der Waals surface area (Å²) in [5, 5.41) is 4.75. The molecule has 0 aliphatic heterocycles. The van der Waals surface area contributed by atoms with Gasteiger partial charge in [0.05, 0.1) is 5.69 Å². The number of nitrogens with one attached hydrogen (secondary N) is 1. The van der Waals surface area contributed by atoms with Gasteiger partial charge in [-0.3, -0.25) is 9.20 Å². The first kappa shape index (κ1) is 13.8. The van der Waals surface area contributed by atoms with Crippen molar-refractivity contribution < 1.29 is 9.18 Å². The first-order valence-electron chi connectivity index (χ1n) is 6.58. The van der Waals surface area contributed by atoms with Crippen LogP contribution in [0.25, 0.3) is 16.2 Å². The molecule has 0 radical (unpaired) electrons. The summed E-state index contributed by atoms with van der Waals surface area (Å²) in [6.45, 7) is 3.79. The van der Waals surface area contributed by atoms with Gasteiger partial charge in [0, 0.05) is 23.2 Å². The van der Waals surface area contributed by atoms with E-state index in [1.165, 1.54) is 23.5 Å². The van der Waals surface area contributed by atoms with E-state index in [0.29, 0.717) is 11.4 Å². The molecule has 108 valence electrons. The number of carbonyl (C=O) groups excluding carboxylic acids is 1. The quantitative estimate of drug-likeness (QED) is 0.806. The van der Waals surface area contributed by atoms with E-state index in [2.05, 4.69) is 10.3 Å². The highest BCUT2D eigenvalue weighted by molar-refractivity contribution is 7.15. The van der Waals surface area contributed by atoms with Crippen molar-refractivity contribution in [3.05, 3.63) is 47.4 Å². The average molecular weight is 303 g/mol. The predicted octanol–water partition coefficient (Wildman–Crippen LogP) is 3.34. The van der Waals surface area contributed by atoms with Gasteiger partial charge < -0.3 is 5.32 Å². The molecule has 0 bridgehead atoms. The highest BCUT2D eigenvalue weighted by Crippen LogP contribution is 2.27. The highest BCUT2D eigenvalue weighted by atomic mass is 32.1. The lowest BCUT2D eigenvalue weighted by atomic mass is 10.1. The molecule has 21 heavy (non-hydrogen) atoms. The number of fused-ring (bicyclic) bond motifs is 1. The zero-order chi connectivity index (χ0) is 15.0. The lowest BCUT2D eigenvalue weighted by molar-refractivity contribution is 0.0939. The lowest BCUT2D eigenvalue weighted by Gasteiger charge is -2.08. The van der Waals surface area contributed by atoms with E-state index >= 15 is 0 Å². The van der Waals surface area contributed by atoms with Crippen molar-refractivity contribution in [2.24, 2.45) is 0 Å². The van der Waals surface area contributed by atoms with Crippen LogP contribution in [-0.2, 0) is 0 Å². The third-order valence-corrected chi connectivity index (χ3v) is 3.77. The molecule has 0 atom stereocenters. The maximum atomic E-state index is 13.1. The van der Waals surface area contributed by atoms with Gasteiger partial charge in [0.15, 0.2) is 10.7 Å². The number of aromatic nitrogens is 2. The van der Waals surface area contributed by atoms with Crippen LogP contribution in [0.2, 0.25) is 0 Å². The van der Waals surface area contributed by atoms with Crippen molar-refractivity contribution in [2.75, 3.05) is 0 Å². The molecule has 0 spiro atoms. The third-order valence-electron chi connectivity index (χ3n) is 3.01. The van der Waals surface area contributed by atoms with Gasteiger partial charge in [-0.25, -0.2) is 9.37 Å². The summed E-state index contributed by atoms with van der Waals surface area (Å²) < 4.78 is 15.0. The third kappa shape index (κ3) is 2.54. The Bertz CT molecular complexity index is 789. The fraction of sp³-hybridized carbons (Fsp3) is 0.200. The molecule has 3 aromatic rings. The number of amides is 1. The van der Waals surface area contributed by atoms with Crippen LogP contribution in [0.1, 0.15) is 24.3 Å². The van der Waals surface area contributed by atoms with Crippen LogP contribution in [0, 0.1) is 5.82 Å². The zero-order valence-corrected chi connectivity index (χ0v) is 12.4. The Balaban J connectivity index is 2.16. The monoisotopic (exact) mass is 303 g/mol. The summed E-state index contributed by atoms with van der Waals surface area (Å²) >= 11 is 1.45. The molecule has 1 aromatic carbocycles. The summed E-state index contributed by atoms with van der Waals surface area (Å²) in [6.07, 6.45) is 1.86. The average Bonchev–Trinajstić information content (AvgIpc) is 2.99. The second-order valence-corrected chi connectivity index (χ2v) is 5.87. The SMILES string of the molecule is CC(C)NC(=O)c1nc2sccn2c1-c1ccc(F)cc1. The number of rotatable bonds is 3. The van der Waals surface area contributed by atoms with Crippen LogP contribution in [0.5, 0.6) is 0 Å². The van der Waals surface area contributed by atoms with E-state index in [1.54, 1.807) is 12.1 Å². The maximum Gasteiger partial charge on any atom is 0.272 e. The van der Waals surface area contributed by atoms with Crippen molar-refractivity contribution in [2.45, 2.75) is 19.9 Å². The van der Waals surface area contributed by atoms with Gasteiger partial charge in [-0.2, -0.15) is 0 Å². The van der Waals surface area contributed by atoms with E-state index in [4.69, 9.17) is 0 Å². The Hall–Kier alpha value is -2.21. The first-order valence-corrected chi connectivity index (χ1v) is 7.46. The molecule has 3 rings (SSSR count). The smallest absolute Gasteiger partial charge is 0.272 e. The van der Waals surface area contributed by atoms with E-state index < -0.39 is 0 Å². The summed E-state index contributed by atoms with van der Waals surface area (Å²) in [7, 11) is 0. The van der Waals surface area contributed by atoms with E-state index in [1.807, 2.05) is 29.8 Å². The number of hydrogen-bond acceptors (Lipinski definition) is 3. The Morgan fingerprint density at radius 3 is 2.71 bits per heavy atom. The topological polar surface area (TPSA) is 46.4 Å². The summed E-state index contributed by atoms with van der Waals surface area (Å²) in [4.78, 5) is 17.5. The van der Waals surface area contributed by atoms with Crippen LogP contribution >= 0.6 is 11.3 Å². The Labute approximate surface area is 125 Å². The van der Waals surface area contributed by atoms with Crippen LogP contribution in [0.4, 0.5) is 4.39 Å². The molecule has 0 fully saturated rings. The van der Waals surface area contributed by atoms with Gasteiger partial charge in [0.2, 0.25) is 0 Å². The maximum absolute atomic E-state index is 13.1. The summed E-state index contributed by atoms with van der Waals surface area (Å²) in [6, 6.07) is 6.10. The van der Waals surface area contributed by atoms with Gasteiger partial charge in [0.1, 0.15) is 5.82 Å².